The number of nitrogens with zero attached hydrogens (tertiary/aromatic N) is 1. The van der Waals surface area contributed by atoms with Gasteiger partial charge in [0.05, 0.1) is 0 Å². The number of nitriles is 1. The van der Waals surface area contributed by atoms with Crippen LogP contribution in [0.15, 0.2) is 18.2 Å². The molecular weight excluding hydrogens is 201 g/mol. The van der Waals surface area contributed by atoms with Gasteiger partial charge in [0.1, 0.15) is 23.2 Å². The summed E-state index contributed by atoms with van der Waals surface area (Å²) in [6.45, 7) is 1.44. The van der Waals surface area contributed by atoms with Crippen molar-refractivity contribution in [3.8, 4) is 11.8 Å². The molecule has 0 heterocycles. The van der Waals surface area contributed by atoms with Crippen LogP contribution in [0.25, 0.3) is 0 Å². The van der Waals surface area contributed by atoms with Crippen molar-refractivity contribution in [2.45, 2.75) is 13.0 Å². The van der Waals surface area contributed by atoms with Crippen molar-refractivity contribution >= 4 is 5.97 Å². The number of carboxylic acid groups (broad SMARTS) is 1. The molecule has 0 bridgehead atoms. The van der Waals surface area contributed by atoms with Crippen molar-refractivity contribution in [2.24, 2.45) is 0 Å². The molecule has 1 N–H and O–H groups in total. The van der Waals surface area contributed by atoms with E-state index in [1.54, 1.807) is 6.07 Å². The Balaban J connectivity index is 3.08. The van der Waals surface area contributed by atoms with Crippen molar-refractivity contribution < 1.29 is 19.0 Å². The van der Waals surface area contributed by atoms with Crippen LogP contribution >= 0.6 is 0 Å². The second-order valence-corrected chi connectivity index (χ2v) is 2.83. The number of hydrogen-bond acceptors (Lipinski definition) is 3. The average Bonchev–Trinajstić information content (AvgIpc) is 2.17. The Morgan fingerprint density at radius 1 is 1.67 bits per heavy atom. The number of carbonyl (C=O) groups is 1. The number of aromatic carboxylic acids is 1. The van der Waals surface area contributed by atoms with Crippen molar-refractivity contribution in [1.29, 1.82) is 5.26 Å². The summed E-state index contributed by atoms with van der Waals surface area (Å²) in [5, 5.41) is 17.2. The van der Waals surface area contributed by atoms with Crippen molar-refractivity contribution in [1.82, 2.24) is 0 Å². The van der Waals surface area contributed by atoms with Crippen LogP contribution in [0.2, 0.25) is 0 Å². The predicted molar refractivity (Wildman–Crippen MR) is 49.1 cm³/mol. The first-order chi connectivity index (χ1) is 7.04. The van der Waals surface area contributed by atoms with Crippen LogP contribution in [-0.4, -0.2) is 17.2 Å². The smallest absolute Gasteiger partial charge is 0.339 e. The normalized spacial score (nSPS) is 11.5. The third-order valence-corrected chi connectivity index (χ3v) is 1.66. The molecule has 1 aromatic rings. The monoisotopic (exact) mass is 209 g/mol. The molecular formula is C10H8FNO3. The molecule has 1 unspecified atom stereocenters. The van der Waals surface area contributed by atoms with E-state index < -0.39 is 17.9 Å². The molecule has 0 aliphatic rings. The molecule has 0 saturated carbocycles. The first-order valence-corrected chi connectivity index (χ1v) is 4.13. The fraction of sp³-hybridized carbons (Fsp3) is 0.200. The van der Waals surface area contributed by atoms with Crippen LogP contribution in [0.3, 0.4) is 0 Å². The Bertz CT molecular complexity index is 425. The zero-order valence-electron chi connectivity index (χ0n) is 7.90. The highest BCUT2D eigenvalue weighted by atomic mass is 19.1. The van der Waals surface area contributed by atoms with Gasteiger partial charge in [-0.1, -0.05) is 0 Å². The Hall–Kier alpha value is -2.09. The largest absolute Gasteiger partial charge is 0.478 e. The van der Waals surface area contributed by atoms with Crippen LogP contribution in [0.5, 0.6) is 5.75 Å². The number of rotatable bonds is 3. The molecule has 0 aliphatic heterocycles. The van der Waals surface area contributed by atoms with Gasteiger partial charge in [0.15, 0.2) is 6.10 Å². The third kappa shape index (κ3) is 2.68. The lowest BCUT2D eigenvalue weighted by molar-refractivity contribution is 0.0691. The number of hydrogen-bond donors (Lipinski definition) is 1. The summed E-state index contributed by atoms with van der Waals surface area (Å²) in [7, 11) is 0. The number of benzene rings is 1. The number of ether oxygens (including phenoxy) is 1. The second kappa shape index (κ2) is 4.42. The highest BCUT2D eigenvalue weighted by Crippen LogP contribution is 2.21. The zero-order valence-corrected chi connectivity index (χ0v) is 7.90. The molecule has 0 saturated heterocycles. The fourth-order valence-corrected chi connectivity index (χ4v) is 0.987. The maximum Gasteiger partial charge on any atom is 0.339 e. The van der Waals surface area contributed by atoms with E-state index in [0.717, 1.165) is 18.2 Å². The Labute approximate surface area is 85.5 Å². The molecule has 1 atom stereocenters. The summed E-state index contributed by atoms with van der Waals surface area (Å²) in [6, 6.07) is 4.82. The lowest BCUT2D eigenvalue weighted by Crippen LogP contribution is -2.11. The van der Waals surface area contributed by atoms with Gasteiger partial charge >= 0.3 is 5.97 Å². The van der Waals surface area contributed by atoms with E-state index in [1.807, 2.05) is 0 Å². The van der Waals surface area contributed by atoms with Gasteiger partial charge in [-0.3, -0.25) is 0 Å². The summed E-state index contributed by atoms with van der Waals surface area (Å²) in [4.78, 5) is 10.7. The van der Waals surface area contributed by atoms with E-state index in [9.17, 15) is 9.18 Å². The second-order valence-electron chi connectivity index (χ2n) is 2.83. The summed E-state index contributed by atoms with van der Waals surface area (Å²) in [5.74, 6) is -1.98. The van der Waals surface area contributed by atoms with E-state index >= 15 is 0 Å². The molecule has 0 fully saturated rings. The molecule has 0 radical (unpaired) electrons. The van der Waals surface area contributed by atoms with Gasteiger partial charge in [-0.2, -0.15) is 5.26 Å². The minimum Gasteiger partial charge on any atom is -0.478 e. The Kier molecular flexibility index (Phi) is 3.24. The lowest BCUT2D eigenvalue weighted by atomic mass is 10.2. The third-order valence-electron chi connectivity index (χ3n) is 1.66. The van der Waals surface area contributed by atoms with Gasteiger partial charge in [-0.15, -0.1) is 0 Å². The van der Waals surface area contributed by atoms with Gasteiger partial charge in [-0.05, 0) is 19.1 Å². The summed E-state index contributed by atoms with van der Waals surface area (Å²) in [6.07, 6.45) is -0.829. The minimum atomic E-state index is -1.23. The van der Waals surface area contributed by atoms with Gasteiger partial charge in [0, 0.05) is 6.07 Å². The molecule has 1 rings (SSSR count). The van der Waals surface area contributed by atoms with Gasteiger partial charge in [0.25, 0.3) is 0 Å². The maximum atomic E-state index is 12.8. The van der Waals surface area contributed by atoms with Crippen molar-refractivity contribution in [3.63, 3.8) is 0 Å². The topological polar surface area (TPSA) is 70.3 Å². The van der Waals surface area contributed by atoms with Crippen LogP contribution < -0.4 is 4.74 Å². The molecule has 0 aliphatic carbocycles. The molecule has 78 valence electrons. The molecule has 1 aromatic carbocycles. The van der Waals surface area contributed by atoms with E-state index in [4.69, 9.17) is 15.1 Å². The molecule has 0 aromatic heterocycles. The van der Waals surface area contributed by atoms with Crippen molar-refractivity contribution in [3.05, 3.63) is 29.6 Å². The average molecular weight is 209 g/mol. The zero-order chi connectivity index (χ0) is 11.4. The summed E-state index contributed by atoms with van der Waals surface area (Å²) >= 11 is 0. The van der Waals surface area contributed by atoms with Gasteiger partial charge in [0.2, 0.25) is 0 Å². The standard InChI is InChI=1S/C10H8FNO3/c1-6(5-12)15-9-4-7(11)2-3-8(9)10(13)14/h2-4,6H,1H3,(H,13,14). The predicted octanol–water partition coefficient (Wildman–Crippen LogP) is 1.81. The fourth-order valence-electron chi connectivity index (χ4n) is 0.987. The van der Waals surface area contributed by atoms with E-state index in [1.165, 1.54) is 6.92 Å². The van der Waals surface area contributed by atoms with E-state index in [0.29, 0.717) is 0 Å². The van der Waals surface area contributed by atoms with Gasteiger partial charge in [-0.25, -0.2) is 9.18 Å². The first kappa shape index (κ1) is 11.0. The van der Waals surface area contributed by atoms with E-state index in [-0.39, 0.29) is 11.3 Å². The molecule has 4 nitrogen and oxygen atoms in total. The van der Waals surface area contributed by atoms with E-state index in [2.05, 4.69) is 0 Å². The van der Waals surface area contributed by atoms with Crippen LogP contribution in [0.1, 0.15) is 17.3 Å². The van der Waals surface area contributed by atoms with Crippen LogP contribution in [0, 0.1) is 17.1 Å². The summed E-state index contributed by atoms with van der Waals surface area (Å²) < 4.78 is 17.8. The number of carboxylic acids is 1. The maximum absolute atomic E-state index is 12.8. The number of halogens is 1. The van der Waals surface area contributed by atoms with Crippen LogP contribution in [0.4, 0.5) is 4.39 Å². The van der Waals surface area contributed by atoms with Crippen LogP contribution in [-0.2, 0) is 0 Å². The van der Waals surface area contributed by atoms with Gasteiger partial charge < -0.3 is 9.84 Å². The Morgan fingerprint density at radius 3 is 2.87 bits per heavy atom. The highest BCUT2D eigenvalue weighted by molar-refractivity contribution is 5.90. The Morgan fingerprint density at radius 2 is 2.33 bits per heavy atom. The highest BCUT2D eigenvalue weighted by Gasteiger charge is 2.14. The minimum absolute atomic E-state index is 0.142. The first-order valence-electron chi connectivity index (χ1n) is 4.13. The summed E-state index contributed by atoms with van der Waals surface area (Å²) in [5.41, 5.74) is -0.168. The quantitative estimate of drug-likeness (QED) is 0.824. The molecule has 15 heavy (non-hydrogen) atoms. The lowest BCUT2D eigenvalue weighted by Gasteiger charge is -2.10. The molecule has 0 spiro atoms. The molecule has 5 heteroatoms. The molecule has 0 amide bonds. The SMILES string of the molecule is CC(C#N)Oc1cc(F)ccc1C(=O)O. The van der Waals surface area contributed by atoms with Crippen molar-refractivity contribution in [2.75, 3.05) is 0 Å².